The van der Waals surface area contributed by atoms with Gasteiger partial charge in [-0.25, -0.2) is 8.42 Å². The van der Waals surface area contributed by atoms with Gasteiger partial charge in [0, 0.05) is 13.0 Å². The SMILES string of the molecule is O=S(=O)(c1ccc2c(c1)COC2)N1CCC2(C1)Oc1ccccc1O2. The molecule has 1 spiro atoms. The van der Waals surface area contributed by atoms with Gasteiger partial charge in [0.25, 0.3) is 5.79 Å². The molecule has 130 valence electrons. The van der Waals surface area contributed by atoms with Crippen molar-refractivity contribution < 1.29 is 22.6 Å². The quantitative estimate of drug-likeness (QED) is 0.823. The second-order valence-corrected chi connectivity index (χ2v) is 8.51. The zero-order valence-corrected chi connectivity index (χ0v) is 14.3. The second-order valence-electron chi connectivity index (χ2n) is 6.57. The molecule has 0 bridgehead atoms. The van der Waals surface area contributed by atoms with Crippen LogP contribution in [0.1, 0.15) is 17.5 Å². The number of fused-ring (bicyclic) bond motifs is 2. The van der Waals surface area contributed by atoms with E-state index in [4.69, 9.17) is 14.2 Å². The summed E-state index contributed by atoms with van der Waals surface area (Å²) in [4.78, 5) is 0.296. The summed E-state index contributed by atoms with van der Waals surface area (Å²) in [6, 6.07) is 12.6. The number of benzene rings is 2. The average molecular weight is 359 g/mol. The van der Waals surface area contributed by atoms with Gasteiger partial charge in [-0.15, -0.1) is 0 Å². The Morgan fingerprint density at radius 1 is 0.960 bits per heavy atom. The molecule has 0 amide bonds. The molecule has 0 radical (unpaired) electrons. The molecule has 1 fully saturated rings. The maximum Gasteiger partial charge on any atom is 0.266 e. The van der Waals surface area contributed by atoms with Gasteiger partial charge in [-0.1, -0.05) is 18.2 Å². The van der Waals surface area contributed by atoms with Crippen LogP contribution >= 0.6 is 0 Å². The van der Waals surface area contributed by atoms with Crippen LogP contribution in [0.15, 0.2) is 47.4 Å². The van der Waals surface area contributed by atoms with E-state index < -0.39 is 15.8 Å². The Morgan fingerprint density at radius 3 is 2.44 bits per heavy atom. The zero-order chi connectivity index (χ0) is 17.1. The van der Waals surface area contributed by atoms with Crippen molar-refractivity contribution in [1.82, 2.24) is 4.31 Å². The van der Waals surface area contributed by atoms with Crippen LogP contribution in [-0.2, 0) is 28.0 Å². The Morgan fingerprint density at radius 2 is 1.68 bits per heavy atom. The highest BCUT2D eigenvalue weighted by molar-refractivity contribution is 7.89. The fraction of sp³-hybridized carbons (Fsp3) is 0.333. The van der Waals surface area contributed by atoms with Gasteiger partial charge in [0.15, 0.2) is 11.5 Å². The summed E-state index contributed by atoms with van der Waals surface area (Å²) in [5, 5.41) is 0. The van der Waals surface area contributed by atoms with Crippen molar-refractivity contribution in [2.24, 2.45) is 0 Å². The van der Waals surface area contributed by atoms with Gasteiger partial charge in [-0.05, 0) is 35.4 Å². The lowest BCUT2D eigenvalue weighted by Gasteiger charge is -2.23. The standard InChI is InChI=1S/C18H17NO5S/c20-25(21,15-6-5-13-10-22-11-14(13)9-15)19-8-7-18(12-19)23-16-3-1-2-4-17(16)24-18/h1-6,9H,7-8,10-12H2. The van der Waals surface area contributed by atoms with Crippen LogP contribution in [0.3, 0.4) is 0 Å². The van der Waals surface area contributed by atoms with E-state index in [9.17, 15) is 8.42 Å². The summed E-state index contributed by atoms with van der Waals surface area (Å²) in [5.74, 6) is 0.407. The van der Waals surface area contributed by atoms with Gasteiger partial charge in [0.1, 0.15) is 0 Å². The van der Waals surface area contributed by atoms with Gasteiger partial charge in [-0.2, -0.15) is 4.31 Å². The molecular formula is C18H17NO5S. The van der Waals surface area contributed by atoms with Crippen LogP contribution in [0.2, 0.25) is 0 Å². The van der Waals surface area contributed by atoms with Crippen LogP contribution in [0.4, 0.5) is 0 Å². The van der Waals surface area contributed by atoms with Crippen molar-refractivity contribution in [3.05, 3.63) is 53.6 Å². The maximum absolute atomic E-state index is 13.0. The minimum atomic E-state index is -3.59. The largest absolute Gasteiger partial charge is 0.447 e. The third-order valence-corrected chi connectivity index (χ3v) is 6.77. The summed E-state index contributed by atoms with van der Waals surface area (Å²) in [6.45, 7) is 1.55. The monoisotopic (exact) mass is 359 g/mol. The lowest BCUT2D eigenvalue weighted by atomic mass is 10.1. The van der Waals surface area contributed by atoms with Crippen molar-refractivity contribution >= 4 is 10.0 Å². The third kappa shape index (κ3) is 2.34. The summed E-state index contributed by atoms with van der Waals surface area (Å²) in [6.07, 6.45) is 0.495. The molecule has 0 aliphatic carbocycles. The van der Waals surface area contributed by atoms with Gasteiger partial charge in [0.2, 0.25) is 10.0 Å². The van der Waals surface area contributed by atoms with Crippen LogP contribution in [0, 0.1) is 0 Å². The summed E-state index contributed by atoms with van der Waals surface area (Å²) < 4.78 is 44.7. The third-order valence-electron chi connectivity index (χ3n) is 4.93. The zero-order valence-electron chi connectivity index (χ0n) is 13.5. The molecule has 0 aromatic heterocycles. The highest BCUT2D eigenvalue weighted by Gasteiger charge is 2.50. The number of ether oxygens (including phenoxy) is 3. The maximum atomic E-state index is 13.0. The molecule has 5 rings (SSSR count). The van der Waals surface area contributed by atoms with Crippen molar-refractivity contribution in [3.63, 3.8) is 0 Å². The molecule has 2 aromatic carbocycles. The van der Waals surface area contributed by atoms with E-state index in [1.807, 2.05) is 30.3 Å². The molecule has 7 heteroatoms. The lowest BCUT2D eigenvalue weighted by molar-refractivity contribution is -0.0633. The van der Waals surface area contributed by atoms with Crippen LogP contribution < -0.4 is 9.47 Å². The fourth-order valence-corrected chi connectivity index (χ4v) is 5.12. The Balaban J connectivity index is 1.41. The molecule has 3 heterocycles. The highest BCUT2D eigenvalue weighted by atomic mass is 32.2. The molecule has 0 unspecified atom stereocenters. The number of para-hydroxylation sites is 2. The molecule has 0 N–H and O–H groups in total. The van der Waals surface area contributed by atoms with Gasteiger partial charge in [-0.3, -0.25) is 0 Å². The summed E-state index contributed by atoms with van der Waals surface area (Å²) >= 11 is 0. The lowest BCUT2D eigenvalue weighted by Crippen LogP contribution is -2.42. The molecule has 0 atom stereocenters. The average Bonchev–Trinajstić information content (AvgIpc) is 3.31. The van der Waals surface area contributed by atoms with E-state index in [1.165, 1.54) is 4.31 Å². The van der Waals surface area contributed by atoms with Crippen LogP contribution in [-0.4, -0.2) is 31.6 Å². The number of nitrogens with zero attached hydrogens (tertiary/aromatic N) is 1. The number of hydrogen-bond acceptors (Lipinski definition) is 5. The Bertz CT molecular complexity index is 931. The molecule has 2 aromatic rings. The first kappa shape index (κ1) is 15.2. The summed E-state index contributed by atoms with van der Waals surface area (Å²) in [5.41, 5.74) is 1.99. The minimum absolute atomic E-state index is 0.178. The van der Waals surface area contributed by atoms with Crippen molar-refractivity contribution in [1.29, 1.82) is 0 Å². The van der Waals surface area contributed by atoms with E-state index in [0.717, 1.165) is 11.1 Å². The van der Waals surface area contributed by atoms with Gasteiger partial charge < -0.3 is 14.2 Å². The second kappa shape index (κ2) is 5.20. The first-order valence-corrected chi connectivity index (χ1v) is 9.67. The first-order chi connectivity index (χ1) is 12.1. The predicted octanol–water partition coefficient (Wildman–Crippen LogP) is 2.28. The topological polar surface area (TPSA) is 65.1 Å². The normalized spacial score (nSPS) is 21.0. The van der Waals surface area contributed by atoms with Crippen LogP contribution in [0.5, 0.6) is 11.5 Å². The molecule has 25 heavy (non-hydrogen) atoms. The van der Waals surface area contributed by atoms with E-state index >= 15 is 0 Å². The minimum Gasteiger partial charge on any atom is -0.447 e. The molecule has 3 aliphatic heterocycles. The van der Waals surface area contributed by atoms with Crippen molar-refractivity contribution in [2.75, 3.05) is 13.1 Å². The number of sulfonamides is 1. The summed E-state index contributed by atoms with van der Waals surface area (Å²) in [7, 11) is -3.59. The highest BCUT2D eigenvalue weighted by Crippen LogP contribution is 2.43. The van der Waals surface area contributed by atoms with Gasteiger partial charge in [0.05, 0.1) is 24.7 Å². The fourth-order valence-electron chi connectivity index (χ4n) is 3.59. The van der Waals surface area contributed by atoms with Crippen molar-refractivity contribution in [2.45, 2.75) is 30.3 Å². The smallest absolute Gasteiger partial charge is 0.266 e. The molecule has 3 aliphatic rings. The predicted molar refractivity (Wildman–Crippen MR) is 88.7 cm³/mol. The molecular weight excluding hydrogens is 342 g/mol. The number of hydrogen-bond donors (Lipinski definition) is 0. The first-order valence-electron chi connectivity index (χ1n) is 8.23. The molecule has 6 nitrogen and oxygen atoms in total. The van der Waals surface area contributed by atoms with E-state index in [0.29, 0.717) is 42.6 Å². The van der Waals surface area contributed by atoms with E-state index in [1.54, 1.807) is 12.1 Å². The van der Waals surface area contributed by atoms with E-state index in [2.05, 4.69) is 0 Å². The molecule has 1 saturated heterocycles. The van der Waals surface area contributed by atoms with E-state index in [-0.39, 0.29) is 6.54 Å². The Labute approximate surface area is 146 Å². The number of rotatable bonds is 2. The van der Waals surface area contributed by atoms with Crippen LogP contribution in [0.25, 0.3) is 0 Å². The van der Waals surface area contributed by atoms with Gasteiger partial charge >= 0.3 is 0 Å². The Hall–Kier alpha value is -2.09. The molecule has 0 saturated carbocycles. The Kier molecular flexibility index (Phi) is 3.16. The van der Waals surface area contributed by atoms with Crippen molar-refractivity contribution in [3.8, 4) is 11.5 Å².